The quantitative estimate of drug-likeness (QED) is 0.0834. The highest BCUT2D eigenvalue weighted by atomic mass is 19.1. The molecule has 4 aromatic rings. The molecule has 348 valence electrons. The number of rotatable bonds is 18. The molecule has 10 nitrogen and oxygen atoms in total. The lowest BCUT2D eigenvalue weighted by molar-refractivity contribution is -0.156. The van der Waals surface area contributed by atoms with E-state index in [1.807, 2.05) is 62.4 Å². The van der Waals surface area contributed by atoms with Crippen LogP contribution in [0.2, 0.25) is 0 Å². The molecular formula is C52H67F2NO9. The summed E-state index contributed by atoms with van der Waals surface area (Å²) in [6, 6.07) is 31.7. The number of amides is 1. The van der Waals surface area contributed by atoms with Crippen LogP contribution in [0.1, 0.15) is 89.5 Å². The third-order valence-electron chi connectivity index (χ3n) is 11.4. The second-order valence-corrected chi connectivity index (χ2v) is 17.8. The minimum Gasteiger partial charge on any atom is -0.480 e. The van der Waals surface area contributed by atoms with Crippen molar-refractivity contribution in [2.45, 2.75) is 129 Å². The number of aliphatic carboxylic acids is 1. The summed E-state index contributed by atoms with van der Waals surface area (Å²) in [5.41, 5.74) is 3.52. The molecule has 0 aromatic heterocycles. The molecule has 64 heavy (non-hydrogen) atoms. The monoisotopic (exact) mass is 887 g/mol. The summed E-state index contributed by atoms with van der Waals surface area (Å²) >= 11 is 0. The van der Waals surface area contributed by atoms with Gasteiger partial charge in [0.1, 0.15) is 29.4 Å². The summed E-state index contributed by atoms with van der Waals surface area (Å²) in [6.07, 6.45) is 2.68. The Labute approximate surface area is 377 Å². The van der Waals surface area contributed by atoms with Crippen LogP contribution in [0.25, 0.3) is 0 Å². The molecule has 1 aliphatic rings. The van der Waals surface area contributed by atoms with E-state index in [1.54, 1.807) is 52.0 Å². The van der Waals surface area contributed by atoms with Crippen molar-refractivity contribution in [3.8, 4) is 0 Å². The largest absolute Gasteiger partial charge is 0.480 e. The number of alkyl carbamates (subject to hydrolysis) is 1. The van der Waals surface area contributed by atoms with Crippen molar-refractivity contribution in [2.24, 2.45) is 17.8 Å². The van der Waals surface area contributed by atoms with Crippen LogP contribution in [-0.4, -0.2) is 77.5 Å². The zero-order chi connectivity index (χ0) is 46.6. The molecule has 1 fully saturated rings. The standard InChI is InChI=1S/C28H38FNO6.C24H29FO3/c1-19(31)23(18-21-10-13-22(29)14-11-21)25(15-12-20-8-6-5-7-9-20)35-17-16-24(26(32)33)30-27(34)36-28(2,3)4;1-17-14-15-27-23(13-10-19-6-4-3-5-7-19)22(18(2)28-24(17)26)16-20-8-11-21(25)12-9-20/h5-11,13-14,19,23-25,31H,12,15-18H2,1-4H3,(H,30,34)(H,32,33);3-9,11-12,17-18,22-23H,10,13-16H2,1-2H3/t19-,23-,24-,25+;17-,18-,22-,23+/m00/s1. The SMILES string of the molecule is C[C@@H]1OC(=O)[C@@H](C)CCO[C@H](CCc2ccccc2)[C@H]1Cc1ccc(F)cc1.C[C@H](O)[C@H](Cc1ccc(F)cc1)[C@@H](CCc1ccccc1)OCC[C@H](NC(=O)OC(C)(C)C)C(=O)O. The van der Waals surface area contributed by atoms with Gasteiger partial charge in [0, 0.05) is 31.5 Å². The maximum atomic E-state index is 13.4. The van der Waals surface area contributed by atoms with Gasteiger partial charge in [-0.25, -0.2) is 18.4 Å². The van der Waals surface area contributed by atoms with Gasteiger partial charge >= 0.3 is 18.0 Å². The molecule has 1 amide bonds. The fraction of sp³-hybridized carbons (Fsp3) is 0.481. The van der Waals surface area contributed by atoms with E-state index in [2.05, 4.69) is 17.4 Å². The number of halogens is 2. The Balaban J connectivity index is 0.000000289. The second kappa shape index (κ2) is 26.0. The fourth-order valence-corrected chi connectivity index (χ4v) is 7.69. The predicted octanol–water partition coefficient (Wildman–Crippen LogP) is 9.73. The van der Waals surface area contributed by atoms with Crippen LogP contribution >= 0.6 is 0 Å². The average Bonchev–Trinajstić information content (AvgIpc) is 3.29. The van der Waals surface area contributed by atoms with E-state index in [4.69, 9.17) is 18.9 Å². The average molecular weight is 888 g/mol. The van der Waals surface area contributed by atoms with Crippen LogP contribution in [-0.2, 0) is 54.2 Å². The number of carboxylic acid groups (broad SMARTS) is 1. The maximum absolute atomic E-state index is 13.4. The number of cyclic esters (lactones) is 1. The number of nitrogens with one attached hydrogen (secondary N) is 1. The Bertz CT molecular complexity index is 1970. The number of aliphatic hydroxyl groups is 1. The first-order valence-electron chi connectivity index (χ1n) is 22.4. The van der Waals surface area contributed by atoms with E-state index >= 15 is 0 Å². The van der Waals surface area contributed by atoms with Crippen LogP contribution in [0.15, 0.2) is 109 Å². The van der Waals surface area contributed by atoms with Gasteiger partial charge in [-0.2, -0.15) is 0 Å². The van der Waals surface area contributed by atoms with E-state index in [1.165, 1.54) is 29.8 Å². The van der Waals surface area contributed by atoms with Gasteiger partial charge in [-0.15, -0.1) is 0 Å². The van der Waals surface area contributed by atoms with E-state index in [-0.39, 0.29) is 60.6 Å². The van der Waals surface area contributed by atoms with Crippen molar-refractivity contribution < 1.29 is 52.3 Å². The number of hydrogen-bond acceptors (Lipinski definition) is 8. The molecule has 4 aromatic carbocycles. The molecule has 0 aliphatic carbocycles. The van der Waals surface area contributed by atoms with Crippen molar-refractivity contribution in [3.63, 3.8) is 0 Å². The van der Waals surface area contributed by atoms with Crippen LogP contribution in [0.4, 0.5) is 13.6 Å². The van der Waals surface area contributed by atoms with E-state index in [0.29, 0.717) is 38.7 Å². The smallest absolute Gasteiger partial charge is 0.408 e. The first kappa shape index (κ1) is 51.5. The van der Waals surface area contributed by atoms with Crippen LogP contribution in [0.5, 0.6) is 0 Å². The van der Waals surface area contributed by atoms with Gasteiger partial charge in [0.2, 0.25) is 0 Å². The number of carbonyl (C=O) groups is 3. The van der Waals surface area contributed by atoms with Gasteiger partial charge < -0.3 is 34.5 Å². The number of hydrogen-bond donors (Lipinski definition) is 3. The zero-order valence-electron chi connectivity index (χ0n) is 38.1. The number of ether oxygens (including phenoxy) is 4. The van der Waals surface area contributed by atoms with Gasteiger partial charge in [-0.1, -0.05) is 91.9 Å². The number of carboxylic acids is 1. The fourth-order valence-electron chi connectivity index (χ4n) is 7.69. The van der Waals surface area contributed by atoms with Gasteiger partial charge in [-0.05, 0) is 126 Å². The van der Waals surface area contributed by atoms with Crippen LogP contribution in [0, 0.1) is 29.4 Å². The molecule has 0 spiro atoms. The van der Waals surface area contributed by atoms with E-state index in [9.17, 15) is 33.4 Å². The molecule has 0 radical (unpaired) electrons. The molecule has 0 bridgehead atoms. The Morgan fingerprint density at radius 1 is 0.812 bits per heavy atom. The molecule has 0 saturated carbocycles. The molecule has 1 aliphatic heterocycles. The second-order valence-electron chi connectivity index (χ2n) is 17.8. The van der Waals surface area contributed by atoms with Gasteiger partial charge in [0.15, 0.2) is 0 Å². The summed E-state index contributed by atoms with van der Waals surface area (Å²) in [7, 11) is 0. The van der Waals surface area contributed by atoms with Crippen molar-refractivity contribution in [1.29, 1.82) is 0 Å². The molecule has 1 saturated heterocycles. The van der Waals surface area contributed by atoms with Gasteiger partial charge in [0.05, 0.1) is 24.2 Å². The van der Waals surface area contributed by atoms with Crippen molar-refractivity contribution >= 4 is 18.0 Å². The number of aliphatic hydroxyl groups excluding tert-OH is 1. The summed E-state index contributed by atoms with van der Waals surface area (Å²) in [6.45, 7) is 11.2. The lowest BCUT2D eigenvalue weighted by Gasteiger charge is -2.31. The minimum atomic E-state index is -1.19. The van der Waals surface area contributed by atoms with Crippen molar-refractivity contribution in [2.75, 3.05) is 13.2 Å². The third-order valence-corrected chi connectivity index (χ3v) is 11.4. The Hall–Kier alpha value is -5.17. The first-order chi connectivity index (χ1) is 30.5. The normalized spacial score (nSPS) is 19.8. The number of aryl methyl sites for hydroxylation is 2. The highest BCUT2D eigenvalue weighted by molar-refractivity contribution is 5.80. The molecule has 5 rings (SSSR count). The number of benzene rings is 4. The van der Waals surface area contributed by atoms with Crippen LogP contribution < -0.4 is 5.32 Å². The Morgan fingerprint density at radius 2 is 1.38 bits per heavy atom. The lowest BCUT2D eigenvalue weighted by Crippen LogP contribution is -2.44. The molecular weight excluding hydrogens is 821 g/mol. The first-order valence-corrected chi connectivity index (χ1v) is 22.4. The zero-order valence-corrected chi connectivity index (χ0v) is 38.1. The molecule has 0 unspecified atom stereocenters. The highest BCUT2D eigenvalue weighted by Gasteiger charge is 2.34. The summed E-state index contributed by atoms with van der Waals surface area (Å²) in [5, 5.41) is 22.5. The molecule has 8 atom stereocenters. The maximum Gasteiger partial charge on any atom is 0.408 e. The van der Waals surface area contributed by atoms with Crippen molar-refractivity contribution in [1.82, 2.24) is 5.32 Å². The Morgan fingerprint density at radius 3 is 1.92 bits per heavy atom. The molecule has 1 heterocycles. The number of esters is 1. The summed E-state index contributed by atoms with van der Waals surface area (Å²) < 4.78 is 50.1. The number of carbonyl (C=O) groups excluding carboxylic acids is 2. The lowest BCUT2D eigenvalue weighted by atomic mass is 9.86. The van der Waals surface area contributed by atoms with E-state index < -0.39 is 35.9 Å². The molecule has 3 N–H and O–H groups in total. The van der Waals surface area contributed by atoms with Gasteiger partial charge in [0.25, 0.3) is 0 Å². The van der Waals surface area contributed by atoms with E-state index in [0.717, 1.165) is 29.5 Å². The highest BCUT2D eigenvalue weighted by Crippen LogP contribution is 2.28. The third kappa shape index (κ3) is 18.5. The van der Waals surface area contributed by atoms with Crippen LogP contribution in [0.3, 0.4) is 0 Å². The Kier molecular flexibility index (Phi) is 20.9. The summed E-state index contributed by atoms with van der Waals surface area (Å²) in [4.78, 5) is 36.1. The minimum absolute atomic E-state index is 0.0171. The van der Waals surface area contributed by atoms with Gasteiger partial charge in [-0.3, -0.25) is 4.79 Å². The van der Waals surface area contributed by atoms with Crippen molar-refractivity contribution in [3.05, 3.63) is 143 Å². The predicted molar refractivity (Wildman–Crippen MR) is 243 cm³/mol. The summed E-state index contributed by atoms with van der Waals surface area (Å²) in [5.74, 6) is -2.39. The topological polar surface area (TPSA) is 141 Å². The molecule has 12 heteroatoms.